The Kier molecular flexibility index (Phi) is 7.90. The third-order valence-electron chi connectivity index (χ3n) is 3.79. The fourth-order valence-electron chi connectivity index (χ4n) is 2.16. The van der Waals surface area contributed by atoms with Crippen LogP contribution in [0, 0.1) is 0 Å². The van der Waals surface area contributed by atoms with Crippen LogP contribution in [0.1, 0.15) is 0 Å². The van der Waals surface area contributed by atoms with E-state index in [9.17, 15) is 15.3 Å². The lowest BCUT2D eigenvalue weighted by Crippen LogP contribution is -2.44. The van der Waals surface area contributed by atoms with Gasteiger partial charge in [-0.1, -0.05) is 36.4 Å². The molecule has 3 atom stereocenters. The van der Waals surface area contributed by atoms with E-state index in [1.807, 2.05) is 48.5 Å². The zero-order valence-corrected chi connectivity index (χ0v) is 14.9. The van der Waals surface area contributed by atoms with E-state index in [4.69, 9.17) is 5.11 Å². The second-order valence-corrected chi connectivity index (χ2v) is 5.80. The van der Waals surface area contributed by atoms with E-state index in [1.54, 1.807) is 24.2 Å². The first-order chi connectivity index (χ1) is 13.0. The third kappa shape index (κ3) is 6.15. The van der Waals surface area contributed by atoms with E-state index in [0.29, 0.717) is 5.69 Å². The number of benzene rings is 2. The van der Waals surface area contributed by atoms with Crippen LogP contribution >= 0.6 is 0 Å². The summed E-state index contributed by atoms with van der Waals surface area (Å²) in [7, 11) is 1.72. The number of rotatable bonds is 9. The second-order valence-electron chi connectivity index (χ2n) is 5.80. The topological polar surface area (TPSA) is 121 Å². The Hall–Kier alpha value is -2.78. The molecule has 0 saturated heterocycles. The summed E-state index contributed by atoms with van der Waals surface area (Å²) >= 11 is 0. The molecule has 0 fully saturated rings. The van der Waals surface area contributed by atoms with Crippen LogP contribution in [-0.4, -0.2) is 64.3 Å². The maximum atomic E-state index is 10.3. The molecule has 0 aliphatic rings. The molecule has 0 spiro atoms. The third-order valence-corrected chi connectivity index (χ3v) is 3.79. The van der Waals surface area contributed by atoms with E-state index in [-0.39, 0.29) is 5.71 Å². The Balaban J connectivity index is 2.21. The summed E-state index contributed by atoms with van der Waals surface area (Å²) in [5, 5.41) is 48.8. The Morgan fingerprint density at radius 2 is 1.63 bits per heavy atom. The van der Waals surface area contributed by atoms with Crippen LogP contribution in [0.25, 0.3) is 0 Å². The number of aliphatic hydroxyl groups is 4. The zero-order chi connectivity index (χ0) is 19.6. The van der Waals surface area contributed by atoms with E-state index < -0.39 is 24.9 Å². The van der Waals surface area contributed by atoms with Crippen molar-refractivity contribution < 1.29 is 20.4 Å². The average molecular weight is 372 g/mol. The number of aliphatic hydroxyl groups excluding tert-OH is 4. The van der Waals surface area contributed by atoms with Gasteiger partial charge in [-0.25, -0.2) is 0 Å². The first kappa shape index (κ1) is 20.5. The Morgan fingerprint density at radius 1 is 1.04 bits per heavy atom. The van der Waals surface area contributed by atoms with Gasteiger partial charge >= 0.3 is 0 Å². The number of anilines is 2. The van der Waals surface area contributed by atoms with Crippen molar-refractivity contribution in [3.8, 4) is 0 Å². The predicted octanol–water partition coefficient (Wildman–Crippen LogP) is 0.652. The number of nitrogens with one attached hydrogen (secondary N) is 1. The number of para-hydroxylation sites is 2. The molecule has 0 unspecified atom stereocenters. The molecule has 0 aromatic heterocycles. The lowest BCUT2D eigenvalue weighted by molar-refractivity contribution is -0.0548. The van der Waals surface area contributed by atoms with Gasteiger partial charge in [0, 0.05) is 7.05 Å². The largest absolute Gasteiger partial charge is 0.394 e. The second kappa shape index (κ2) is 10.4. The van der Waals surface area contributed by atoms with Gasteiger partial charge in [-0.05, 0) is 24.3 Å². The van der Waals surface area contributed by atoms with Crippen LogP contribution in [0.4, 0.5) is 11.4 Å². The summed E-state index contributed by atoms with van der Waals surface area (Å²) in [4.78, 5) is 0. The van der Waals surface area contributed by atoms with Crippen molar-refractivity contribution in [2.75, 3.05) is 24.1 Å². The minimum atomic E-state index is -1.63. The van der Waals surface area contributed by atoms with Gasteiger partial charge in [0.25, 0.3) is 0 Å². The lowest BCUT2D eigenvalue weighted by Gasteiger charge is -2.21. The normalized spacial score (nSPS) is 15.4. The highest BCUT2D eigenvalue weighted by Crippen LogP contribution is 2.11. The molecule has 0 amide bonds. The quantitative estimate of drug-likeness (QED) is 0.326. The summed E-state index contributed by atoms with van der Waals surface area (Å²) in [6.07, 6.45) is -3.42. The monoisotopic (exact) mass is 372 g/mol. The maximum Gasteiger partial charge on any atom is 0.128 e. The first-order valence-corrected chi connectivity index (χ1v) is 8.39. The molecule has 8 heteroatoms. The molecule has 0 radical (unpaired) electrons. The molecule has 0 bridgehead atoms. The van der Waals surface area contributed by atoms with Crippen molar-refractivity contribution in [3.05, 3.63) is 60.7 Å². The van der Waals surface area contributed by atoms with Crippen molar-refractivity contribution in [1.29, 1.82) is 0 Å². The lowest BCUT2D eigenvalue weighted by atomic mass is 10.0. The predicted molar refractivity (Wildman–Crippen MR) is 106 cm³/mol. The minimum absolute atomic E-state index is 0.0124. The van der Waals surface area contributed by atoms with Crippen LogP contribution in [0.5, 0.6) is 0 Å². The van der Waals surface area contributed by atoms with Gasteiger partial charge in [0.15, 0.2) is 0 Å². The highest BCUT2D eigenvalue weighted by Gasteiger charge is 2.28. The zero-order valence-electron chi connectivity index (χ0n) is 14.9. The van der Waals surface area contributed by atoms with Gasteiger partial charge < -0.3 is 20.4 Å². The molecule has 144 valence electrons. The molecule has 2 aromatic rings. The van der Waals surface area contributed by atoms with Crippen LogP contribution in [-0.2, 0) is 0 Å². The van der Waals surface area contributed by atoms with Gasteiger partial charge in [-0.2, -0.15) is 10.2 Å². The molecule has 27 heavy (non-hydrogen) atoms. The van der Waals surface area contributed by atoms with E-state index in [0.717, 1.165) is 5.69 Å². The smallest absolute Gasteiger partial charge is 0.128 e. The molecule has 0 saturated carbocycles. The van der Waals surface area contributed by atoms with Crippen molar-refractivity contribution in [3.63, 3.8) is 0 Å². The van der Waals surface area contributed by atoms with E-state index in [2.05, 4.69) is 15.6 Å². The van der Waals surface area contributed by atoms with E-state index in [1.165, 1.54) is 6.21 Å². The summed E-state index contributed by atoms with van der Waals surface area (Å²) in [6.45, 7) is -0.696. The fraction of sp³-hybridized carbons (Fsp3) is 0.263. The Labute approximate surface area is 157 Å². The minimum Gasteiger partial charge on any atom is -0.394 e. The molecule has 8 nitrogen and oxygen atoms in total. The summed E-state index contributed by atoms with van der Waals surface area (Å²) in [5.74, 6) is 0. The number of hydrazone groups is 2. The molecule has 0 heterocycles. The molecule has 0 aliphatic carbocycles. The van der Waals surface area contributed by atoms with E-state index >= 15 is 0 Å². The fourth-order valence-corrected chi connectivity index (χ4v) is 2.16. The molecular formula is C19H24N4O4. The van der Waals surface area contributed by atoms with Gasteiger partial charge in [0.2, 0.25) is 0 Å². The molecule has 5 N–H and O–H groups in total. The molecule has 2 rings (SSSR count). The van der Waals surface area contributed by atoms with Gasteiger partial charge in [-0.3, -0.25) is 10.4 Å². The van der Waals surface area contributed by atoms with Crippen molar-refractivity contribution in [2.24, 2.45) is 10.2 Å². The van der Waals surface area contributed by atoms with Crippen LogP contribution in [0.2, 0.25) is 0 Å². The molecule has 2 aromatic carbocycles. The maximum absolute atomic E-state index is 10.3. The Morgan fingerprint density at radius 3 is 2.22 bits per heavy atom. The highest BCUT2D eigenvalue weighted by molar-refractivity contribution is 6.33. The number of hydrogen-bond acceptors (Lipinski definition) is 8. The standard InChI is InChI=1S/C19H24N4O4/c1-23(15-10-6-3-7-11-15)20-12-16(18(26)19(27)17(25)13-24)22-21-14-8-4-2-5-9-14/h2-12,17-19,21,24-27H,13H2,1H3/b20-12-,22-16-/t17-,18+,19-/m1/s1. The summed E-state index contributed by atoms with van der Waals surface area (Å²) < 4.78 is 0. The van der Waals surface area contributed by atoms with Crippen LogP contribution in [0.3, 0.4) is 0 Å². The highest BCUT2D eigenvalue weighted by atomic mass is 16.4. The Bertz CT molecular complexity index is 740. The van der Waals surface area contributed by atoms with Crippen LogP contribution < -0.4 is 10.4 Å². The van der Waals surface area contributed by atoms with Gasteiger partial charge in [-0.15, -0.1) is 0 Å². The van der Waals surface area contributed by atoms with Crippen molar-refractivity contribution in [1.82, 2.24) is 0 Å². The average Bonchev–Trinajstić information content (AvgIpc) is 2.73. The van der Waals surface area contributed by atoms with Crippen LogP contribution in [0.15, 0.2) is 70.9 Å². The number of nitrogens with zero attached hydrogens (tertiary/aromatic N) is 3. The first-order valence-electron chi connectivity index (χ1n) is 8.39. The summed E-state index contributed by atoms with van der Waals surface area (Å²) in [5.41, 5.74) is 4.24. The number of hydrogen-bond donors (Lipinski definition) is 5. The SMILES string of the molecule is CN(/N=C\C(=N\Nc1ccccc1)[C@H](O)[C@H](O)[C@H](O)CO)c1ccccc1. The summed E-state index contributed by atoms with van der Waals surface area (Å²) in [6, 6.07) is 18.4. The van der Waals surface area contributed by atoms with Gasteiger partial charge in [0.05, 0.1) is 24.2 Å². The van der Waals surface area contributed by atoms with Gasteiger partial charge in [0.1, 0.15) is 24.0 Å². The van der Waals surface area contributed by atoms with Crippen molar-refractivity contribution >= 4 is 23.3 Å². The molecule has 0 aliphatic heterocycles. The molecular weight excluding hydrogens is 348 g/mol. The van der Waals surface area contributed by atoms with Crippen molar-refractivity contribution in [2.45, 2.75) is 18.3 Å².